The Bertz CT molecular complexity index is 426. The summed E-state index contributed by atoms with van der Waals surface area (Å²) in [5.41, 5.74) is -0.767. The summed E-state index contributed by atoms with van der Waals surface area (Å²) in [5.74, 6) is -1.97. The molecular formula is C10H9ClF3NO2. The maximum absolute atomic E-state index is 13.2. The zero-order valence-corrected chi connectivity index (χ0v) is 9.60. The summed E-state index contributed by atoms with van der Waals surface area (Å²) in [6, 6.07) is 0.836. The van der Waals surface area contributed by atoms with Crippen LogP contribution in [-0.4, -0.2) is 18.1 Å². The van der Waals surface area contributed by atoms with Crippen molar-refractivity contribution in [3.8, 4) is 0 Å². The fourth-order valence-electron chi connectivity index (χ4n) is 1.23. The molecule has 94 valence electrons. The normalized spacial score (nSPS) is 10.7. The number of nitrogens with zero attached hydrogens (tertiary/aromatic N) is 1. The molecule has 7 heteroatoms. The van der Waals surface area contributed by atoms with Crippen LogP contribution in [0.1, 0.15) is 23.4 Å². The lowest BCUT2D eigenvalue weighted by atomic mass is 10.1. The summed E-state index contributed by atoms with van der Waals surface area (Å²) >= 11 is 5.51. The minimum Gasteiger partial charge on any atom is -0.469 e. The van der Waals surface area contributed by atoms with Gasteiger partial charge in [-0.25, -0.2) is 18.2 Å². The molecule has 0 aliphatic heterocycles. The average Bonchev–Trinajstić information content (AvgIpc) is 2.28. The molecule has 0 radical (unpaired) electrons. The van der Waals surface area contributed by atoms with E-state index in [-0.39, 0.29) is 23.6 Å². The SMILES string of the molecule is COC(=O)Cc1cc(F)c(C(F)F)nc1CCl. The quantitative estimate of drug-likeness (QED) is 0.622. The molecule has 0 saturated carbocycles. The van der Waals surface area contributed by atoms with Crippen molar-refractivity contribution in [2.75, 3.05) is 7.11 Å². The first kappa shape index (κ1) is 13.8. The molecule has 0 unspecified atom stereocenters. The second kappa shape index (κ2) is 5.86. The number of pyridine rings is 1. The van der Waals surface area contributed by atoms with E-state index in [1.807, 2.05) is 0 Å². The number of methoxy groups -OCH3 is 1. The largest absolute Gasteiger partial charge is 0.469 e. The molecule has 0 aliphatic carbocycles. The Kier molecular flexibility index (Phi) is 4.74. The summed E-state index contributed by atoms with van der Waals surface area (Å²) in [6.45, 7) is 0. The van der Waals surface area contributed by atoms with Crippen LogP contribution in [0.5, 0.6) is 0 Å². The van der Waals surface area contributed by atoms with Gasteiger partial charge in [0.25, 0.3) is 6.43 Å². The van der Waals surface area contributed by atoms with E-state index in [4.69, 9.17) is 11.6 Å². The molecule has 1 aromatic rings. The Balaban J connectivity index is 3.14. The maximum Gasteiger partial charge on any atom is 0.310 e. The first-order valence-electron chi connectivity index (χ1n) is 4.58. The van der Waals surface area contributed by atoms with Crippen molar-refractivity contribution >= 4 is 17.6 Å². The van der Waals surface area contributed by atoms with Gasteiger partial charge in [0.05, 0.1) is 25.1 Å². The van der Waals surface area contributed by atoms with Crippen LogP contribution in [-0.2, 0) is 21.8 Å². The van der Waals surface area contributed by atoms with Crippen LogP contribution in [0.25, 0.3) is 0 Å². The molecule has 0 N–H and O–H groups in total. The van der Waals surface area contributed by atoms with Crippen molar-refractivity contribution in [2.45, 2.75) is 18.7 Å². The first-order chi connectivity index (χ1) is 7.99. The lowest BCUT2D eigenvalue weighted by Gasteiger charge is -2.09. The number of rotatable bonds is 4. The topological polar surface area (TPSA) is 39.2 Å². The van der Waals surface area contributed by atoms with Gasteiger partial charge in [-0.2, -0.15) is 0 Å². The summed E-state index contributed by atoms with van der Waals surface area (Å²) in [5, 5.41) is 0. The van der Waals surface area contributed by atoms with Crippen LogP contribution >= 0.6 is 11.6 Å². The fraction of sp³-hybridized carbons (Fsp3) is 0.400. The third-order valence-electron chi connectivity index (χ3n) is 2.07. The van der Waals surface area contributed by atoms with E-state index in [2.05, 4.69) is 9.72 Å². The molecule has 1 rings (SSSR count). The van der Waals surface area contributed by atoms with Gasteiger partial charge in [0, 0.05) is 0 Å². The first-order valence-corrected chi connectivity index (χ1v) is 5.12. The van der Waals surface area contributed by atoms with Crippen LogP contribution in [0.15, 0.2) is 6.07 Å². The highest BCUT2D eigenvalue weighted by Crippen LogP contribution is 2.23. The second-order valence-corrected chi connectivity index (χ2v) is 3.42. The number of ether oxygens (including phenoxy) is 1. The van der Waals surface area contributed by atoms with Crippen molar-refractivity contribution in [1.82, 2.24) is 4.98 Å². The standard InChI is InChI=1S/C10H9ClF3NO2/c1-17-8(16)3-5-2-6(12)9(10(13)14)15-7(5)4-11/h2,10H,3-4H2,1H3. The van der Waals surface area contributed by atoms with Gasteiger partial charge in [0.1, 0.15) is 5.69 Å². The van der Waals surface area contributed by atoms with Crippen molar-refractivity contribution in [2.24, 2.45) is 0 Å². The lowest BCUT2D eigenvalue weighted by molar-refractivity contribution is -0.139. The zero-order chi connectivity index (χ0) is 13.0. The van der Waals surface area contributed by atoms with E-state index in [1.165, 1.54) is 7.11 Å². The monoisotopic (exact) mass is 267 g/mol. The molecule has 0 aromatic carbocycles. The van der Waals surface area contributed by atoms with Gasteiger partial charge in [0.2, 0.25) is 0 Å². The van der Waals surface area contributed by atoms with Crippen LogP contribution in [0.4, 0.5) is 13.2 Å². The molecule has 1 heterocycles. The van der Waals surface area contributed by atoms with E-state index in [0.717, 1.165) is 6.07 Å². The number of hydrogen-bond acceptors (Lipinski definition) is 3. The molecule has 0 aliphatic rings. The summed E-state index contributed by atoms with van der Waals surface area (Å²) in [4.78, 5) is 14.4. The fourth-order valence-corrected chi connectivity index (χ4v) is 1.46. The van der Waals surface area contributed by atoms with Crippen molar-refractivity contribution < 1.29 is 22.7 Å². The molecule has 0 spiro atoms. The average molecular weight is 268 g/mol. The van der Waals surface area contributed by atoms with E-state index in [9.17, 15) is 18.0 Å². The van der Waals surface area contributed by atoms with Gasteiger partial charge in [-0.05, 0) is 11.6 Å². The number of alkyl halides is 3. The van der Waals surface area contributed by atoms with E-state index in [1.54, 1.807) is 0 Å². The highest BCUT2D eigenvalue weighted by atomic mass is 35.5. The smallest absolute Gasteiger partial charge is 0.310 e. The van der Waals surface area contributed by atoms with Gasteiger partial charge in [0.15, 0.2) is 5.82 Å². The van der Waals surface area contributed by atoms with Crippen LogP contribution in [0.3, 0.4) is 0 Å². The predicted octanol–water partition coefficient (Wildman–Crippen LogP) is 2.61. The molecule has 1 aromatic heterocycles. The molecule has 0 bridgehead atoms. The zero-order valence-electron chi connectivity index (χ0n) is 8.84. The van der Waals surface area contributed by atoms with Gasteiger partial charge < -0.3 is 4.74 Å². The Hall–Kier alpha value is -1.30. The number of hydrogen-bond donors (Lipinski definition) is 0. The highest BCUT2D eigenvalue weighted by Gasteiger charge is 2.19. The number of esters is 1. The molecule has 3 nitrogen and oxygen atoms in total. The number of carbonyl (C=O) groups excluding carboxylic acids is 1. The van der Waals surface area contributed by atoms with Gasteiger partial charge >= 0.3 is 5.97 Å². The van der Waals surface area contributed by atoms with Crippen LogP contribution < -0.4 is 0 Å². The maximum atomic E-state index is 13.2. The minimum atomic E-state index is -3.02. The summed E-state index contributed by atoms with van der Waals surface area (Å²) in [6.07, 6.45) is -3.28. The van der Waals surface area contributed by atoms with Gasteiger partial charge in [-0.1, -0.05) is 0 Å². The molecule has 0 saturated heterocycles. The van der Waals surface area contributed by atoms with E-state index >= 15 is 0 Å². The summed E-state index contributed by atoms with van der Waals surface area (Å²) in [7, 11) is 1.17. The number of aromatic nitrogens is 1. The van der Waals surface area contributed by atoms with E-state index < -0.39 is 23.9 Å². The van der Waals surface area contributed by atoms with Crippen molar-refractivity contribution in [1.29, 1.82) is 0 Å². The van der Waals surface area contributed by atoms with E-state index in [0.29, 0.717) is 0 Å². The molecule has 17 heavy (non-hydrogen) atoms. The Morgan fingerprint density at radius 3 is 2.71 bits per heavy atom. The molecule has 0 atom stereocenters. The minimum absolute atomic E-state index is 0.0498. The Labute approximate surface area is 101 Å². The molecular weight excluding hydrogens is 259 g/mol. The second-order valence-electron chi connectivity index (χ2n) is 3.15. The molecule has 0 fully saturated rings. The third-order valence-corrected chi connectivity index (χ3v) is 2.32. The number of carbonyl (C=O) groups is 1. The Morgan fingerprint density at radius 1 is 1.59 bits per heavy atom. The molecule has 0 amide bonds. The highest BCUT2D eigenvalue weighted by molar-refractivity contribution is 6.17. The third kappa shape index (κ3) is 3.33. The lowest BCUT2D eigenvalue weighted by Crippen LogP contribution is -2.10. The summed E-state index contributed by atoms with van der Waals surface area (Å²) < 4.78 is 42.4. The van der Waals surface area contributed by atoms with Crippen molar-refractivity contribution in [3.63, 3.8) is 0 Å². The van der Waals surface area contributed by atoms with Gasteiger partial charge in [-0.15, -0.1) is 11.6 Å². The van der Waals surface area contributed by atoms with Crippen LogP contribution in [0, 0.1) is 5.82 Å². The Morgan fingerprint density at radius 2 is 2.24 bits per heavy atom. The van der Waals surface area contributed by atoms with Crippen molar-refractivity contribution in [3.05, 3.63) is 28.8 Å². The van der Waals surface area contributed by atoms with Gasteiger partial charge in [-0.3, -0.25) is 4.79 Å². The predicted molar refractivity (Wildman–Crippen MR) is 54.4 cm³/mol. The number of halogens is 4. The van der Waals surface area contributed by atoms with Crippen LogP contribution in [0.2, 0.25) is 0 Å².